The molecule has 0 fully saturated rings. The molecule has 3 N–H and O–H groups in total. The summed E-state index contributed by atoms with van der Waals surface area (Å²) in [5.74, 6) is 1.22. The number of likely N-dealkylation sites (N-methyl/N-ethyl adjacent to an activating group) is 1. The third-order valence-corrected chi connectivity index (χ3v) is 6.22. The summed E-state index contributed by atoms with van der Waals surface area (Å²) in [6, 6.07) is 20.7. The molecule has 0 aliphatic heterocycles. The Morgan fingerprint density at radius 3 is 2.41 bits per heavy atom. The van der Waals surface area contributed by atoms with Gasteiger partial charge in [-0.3, -0.25) is 4.79 Å². The van der Waals surface area contributed by atoms with Crippen LogP contribution in [0.5, 0.6) is 17.2 Å². The third kappa shape index (κ3) is 6.32. The van der Waals surface area contributed by atoms with Crippen molar-refractivity contribution >= 4 is 16.8 Å². The lowest BCUT2D eigenvalue weighted by atomic mass is 10.1. The number of aromatic hydroxyl groups is 2. The molecule has 7 nitrogen and oxygen atoms in total. The number of carbonyl (C=O) groups is 1. The number of phenols is 2. The second-order valence-corrected chi connectivity index (χ2v) is 9.14. The van der Waals surface area contributed by atoms with Crippen LogP contribution < -0.4 is 10.1 Å². The number of rotatable bonds is 10. The van der Waals surface area contributed by atoms with Crippen molar-refractivity contribution in [2.24, 2.45) is 0 Å². The first kappa shape index (κ1) is 25.9. The molecule has 3 aromatic carbocycles. The molecular weight excluding hydrogens is 466 g/mol. The van der Waals surface area contributed by atoms with Gasteiger partial charge in [-0.2, -0.15) is 0 Å². The van der Waals surface area contributed by atoms with Gasteiger partial charge >= 0.3 is 0 Å². The molecule has 37 heavy (non-hydrogen) atoms. The van der Waals surface area contributed by atoms with Crippen LogP contribution in [-0.4, -0.2) is 59.4 Å². The minimum Gasteiger partial charge on any atom is -0.508 e. The summed E-state index contributed by atoms with van der Waals surface area (Å²) in [4.78, 5) is 13.0. The number of benzene rings is 3. The minimum atomic E-state index is -0.0328. The van der Waals surface area contributed by atoms with E-state index in [1.165, 1.54) is 4.90 Å². The Kier molecular flexibility index (Phi) is 8.15. The topological polar surface area (TPSA) is 87.0 Å². The van der Waals surface area contributed by atoms with E-state index in [4.69, 9.17) is 4.74 Å². The summed E-state index contributed by atoms with van der Waals surface area (Å²) in [6.45, 7) is 4.49. The fourth-order valence-corrected chi connectivity index (χ4v) is 4.28. The Morgan fingerprint density at radius 2 is 1.70 bits per heavy atom. The first-order chi connectivity index (χ1) is 17.8. The molecule has 0 unspecified atom stereocenters. The number of hydrogen-bond acceptors (Lipinski definition) is 5. The molecule has 7 heteroatoms. The highest BCUT2D eigenvalue weighted by Gasteiger charge is 2.17. The Morgan fingerprint density at radius 1 is 1.00 bits per heavy atom. The zero-order valence-corrected chi connectivity index (χ0v) is 21.4. The van der Waals surface area contributed by atoms with Crippen LogP contribution in [-0.2, 0) is 11.3 Å². The number of phenolic OH excluding ortho intramolecular Hbond substituents is 2. The van der Waals surface area contributed by atoms with Gasteiger partial charge in [0, 0.05) is 50.7 Å². The van der Waals surface area contributed by atoms with Gasteiger partial charge in [0.25, 0.3) is 0 Å². The molecule has 0 saturated carbocycles. The lowest BCUT2D eigenvalue weighted by Gasteiger charge is -2.13. The van der Waals surface area contributed by atoms with Crippen molar-refractivity contribution in [2.45, 2.75) is 13.5 Å². The van der Waals surface area contributed by atoms with Gasteiger partial charge in [-0.1, -0.05) is 18.2 Å². The molecule has 0 atom stereocenters. The van der Waals surface area contributed by atoms with E-state index < -0.39 is 0 Å². The first-order valence-corrected chi connectivity index (χ1v) is 12.2. The Labute approximate surface area is 217 Å². The van der Waals surface area contributed by atoms with E-state index in [1.54, 1.807) is 50.5 Å². The second kappa shape index (κ2) is 11.7. The van der Waals surface area contributed by atoms with E-state index in [0.717, 1.165) is 39.0 Å². The van der Waals surface area contributed by atoms with E-state index in [-0.39, 0.29) is 17.4 Å². The minimum absolute atomic E-state index is 0.0328. The molecule has 0 aliphatic carbocycles. The quantitative estimate of drug-likeness (QED) is 0.218. The third-order valence-electron chi connectivity index (χ3n) is 6.22. The van der Waals surface area contributed by atoms with Crippen LogP contribution in [0.15, 0.2) is 78.9 Å². The smallest absolute Gasteiger partial charge is 0.245 e. The second-order valence-electron chi connectivity index (χ2n) is 9.14. The van der Waals surface area contributed by atoms with Crippen LogP contribution in [0.4, 0.5) is 0 Å². The average Bonchev–Trinajstić information content (AvgIpc) is 3.15. The predicted molar refractivity (Wildman–Crippen MR) is 147 cm³/mol. The van der Waals surface area contributed by atoms with Gasteiger partial charge in [0.1, 0.15) is 23.9 Å². The molecule has 1 aromatic heterocycles. The standard InChI is InChI=1S/C30H33N3O4/c1-21-27-19-25(35)12-15-28(27)33(30(21)23-8-10-24(34)11-9-23)20-22-6-13-26(14-7-22)37-18-17-31-16-4-5-29(36)32(2)3/h4-15,19,31,34-35H,16-18,20H2,1-3H3/b5-4+. The zero-order valence-electron chi connectivity index (χ0n) is 21.4. The van der Waals surface area contributed by atoms with Gasteiger partial charge in [-0.15, -0.1) is 0 Å². The number of ether oxygens (including phenoxy) is 1. The zero-order chi connectivity index (χ0) is 26.4. The summed E-state index contributed by atoms with van der Waals surface area (Å²) in [6.07, 6.45) is 3.36. The summed E-state index contributed by atoms with van der Waals surface area (Å²) in [5, 5.41) is 24.1. The molecular formula is C30H33N3O4. The molecule has 0 aliphatic rings. The summed E-state index contributed by atoms with van der Waals surface area (Å²) < 4.78 is 8.09. The van der Waals surface area contributed by atoms with Crippen molar-refractivity contribution in [3.63, 3.8) is 0 Å². The molecule has 0 saturated heterocycles. The summed E-state index contributed by atoms with van der Waals surface area (Å²) in [5.41, 5.74) is 5.27. The number of nitrogens with zero attached hydrogens (tertiary/aromatic N) is 2. The highest BCUT2D eigenvalue weighted by atomic mass is 16.5. The maximum atomic E-state index is 11.5. The Balaban J connectivity index is 1.43. The predicted octanol–water partition coefficient (Wildman–Crippen LogP) is 4.69. The first-order valence-electron chi connectivity index (χ1n) is 12.2. The molecule has 0 bridgehead atoms. The van der Waals surface area contributed by atoms with Crippen molar-refractivity contribution in [1.82, 2.24) is 14.8 Å². The van der Waals surface area contributed by atoms with Crippen molar-refractivity contribution in [3.8, 4) is 28.5 Å². The Bertz CT molecular complexity index is 1390. The number of amides is 1. The van der Waals surface area contributed by atoms with Crippen molar-refractivity contribution in [3.05, 3.63) is 90.0 Å². The van der Waals surface area contributed by atoms with E-state index in [0.29, 0.717) is 26.2 Å². The van der Waals surface area contributed by atoms with Crippen LogP contribution in [0.25, 0.3) is 22.2 Å². The molecule has 1 amide bonds. The van der Waals surface area contributed by atoms with E-state index in [9.17, 15) is 15.0 Å². The lowest BCUT2D eigenvalue weighted by molar-refractivity contribution is -0.123. The van der Waals surface area contributed by atoms with Gasteiger partial charge < -0.3 is 29.7 Å². The normalized spacial score (nSPS) is 11.3. The van der Waals surface area contributed by atoms with Gasteiger partial charge in [0.2, 0.25) is 5.91 Å². The van der Waals surface area contributed by atoms with Gasteiger partial charge in [0.15, 0.2) is 0 Å². The lowest BCUT2D eigenvalue weighted by Crippen LogP contribution is -2.22. The largest absolute Gasteiger partial charge is 0.508 e. The fourth-order valence-electron chi connectivity index (χ4n) is 4.28. The molecule has 4 aromatic rings. The maximum Gasteiger partial charge on any atom is 0.245 e. The highest BCUT2D eigenvalue weighted by Crippen LogP contribution is 2.36. The maximum absolute atomic E-state index is 11.5. The number of hydrogen-bond donors (Lipinski definition) is 3. The molecule has 0 radical (unpaired) electrons. The van der Waals surface area contributed by atoms with E-state index in [1.807, 2.05) is 30.3 Å². The van der Waals surface area contributed by atoms with Crippen LogP contribution in [0.3, 0.4) is 0 Å². The van der Waals surface area contributed by atoms with Crippen LogP contribution in [0.2, 0.25) is 0 Å². The van der Waals surface area contributed by atoms with Crippen LogP contribution >= 0.6 is 0 Å². The van der Waals surface area contributed by atoms with Crippen molar-refractivity contribution in [2.75, 3.05) is 33.8 Å². The van der Waals surface area contributed by atoms with Crippen molar-refractivity contribution in [1.29, 1.82) is 0 Å². The van der Waals surface area contributed by atoms with Gasteiger partial charge in [-0.05, 0) is 78.2 Å². The number of nitrogens with one attached hydrogen (secondary N) is 1. The number of fused-ring (bicyclic) bond motifs is 1. The number of aryl methyl sites for hydroxylation is 1. The van der Waals surface area contributed by atoms with E-state index in [2.05, 4.69) is 28.9 Å². The summed E-state index contributed by atoms with van der Waals surface area (Å²) >= 11 is 0. The van der Waals surface area contributed by atoms with Gasteiger partial charge in [0.05, 0.1) is 5.69 Å². The number of aromatic nitrogens is 1. The van der Waals surface area contributed by atoms with Crippen LogP contribution in [0.1, 0.15) is 11.1 Å². The monoisotopic (exact) mass is 499 g/mol. The van der Waals surface area contributed by atoms with Crippen LogP contribution in [0, 0.1) is 6.92 Å². The molecule has 1 heterocycles. The number of carbonyl (C=O) groups excluding carboxylic acids is 1. The van der Waals surface area contributed by atoms with Crippen molar-refractivity contribution < 1.29 is 19.7 Å². The van der Waals surface area contributed by atoms with Gasteiger partial charge in [-0.25, -0.2) is 0 Å². The SMILES string of the molecule is Cc1c(-c2ccc(O)cc2)n(Cc2ccc(OCCNC/C=C/C(=O)N(C)C)cc2)c2ccc(O)cc12. The highest BCUT2D eigenvalue weighted by molar-refractivity contribution is 5.92. The molecule has 0 spiro atoms. The Hall–Kier alpha value is -4.23. The summed E-state index contributed by atoms with van der Waals surface area (Å²) in [7, 11) is 3.45. The molecule has 4 rings (SSSR count). The van der Waals surface area contributed by atoms with E-state index >= 15 is 0 Å². The fraction of sp³-hybridized carbons (Fsp3) is 0.233. The average molecular weight is 500 g/mol. The molecule has 192 valence electrons.